The number of nitrogens with two attached hydrogens (primary N) is 1. The van der Waals surface area contributed by atoms with Crippen molar-refractivity contribution in [2.24, 2.45) is 16.6 Å². The van der Waals surface area contributed by atoms with Crippen molar-refractivity contribution in [3.8, 4) is 5.75 Å². The Morgan fingerprint density at radius 2 is 1.96 bits per heavy atom. The Morgan fingerprint density at radius 3 is 2.59 bits per heavy atom. The molecule has 0 saturated carbocycles. The molecule has 0 spiro atoms. The van der Waals surface area contributed by atoms with Gasteiger partial charge >= 0.3 is 0 Å². The SMILES string of the molecule is CC(CC(N)=O)C1(Cc2ccc(OCc3ccccc3F)cc2)C=CC=N1. The van der Waals surface area contributed by atoms with Gasteiger partial charge in [0.15, 0.2) is 0 Å². The summed E-state index contributed by atoms with van der Waals surface area (Å²) < 4.78 is 19.3. The van der Waals surface area contributed by atoms with Crippen LogP contribution in [0.1, 0.15) is 24.5 Å². The summed E-state index contributed by atoms with van der Waals surface area (Å²) in [6.45, 7) is 2.17. The Labute approximate surface area is 158 Å². The van der Waals surface area contributed by atoms with E-state index in [9.17, 15) is 9.18 Å². The molecule has 2 unspecified atom stereocenters. The molecular formula is C22H23FN2O2. The summed E-state index contributed by atoms with van der Waals surface area (Å²) in [6, 6.07) is 14.2. The normalized spacial score (nSPS) is 19.2. The number of hydrogen-bond donors (Lipinski definition) is 1. The Kier molecular flexibility index (Phi) is 5.69. The van der Waals surface area contributed by atoms with Crippen molar-refractivity contribution in [2.75, 3.05) is 0 Å². The Balaban J connectivity index is 1.66. The lowest BCUT2D eigenvalue weighted by atomic mass is 9.79. The third-order valence-corrected chi connectivity index (χ3v) is 4.91. The van der Waals surface area contributed by atoms with E-state index in [1.54, 1.807) is 24.4 Å². The number of nitrogens with zero attached hydrogens (tertiary/aromatic N) is 1. The molecule has 140 valence electrons. The first-order valence-corrected chi connectivity index (χ1v) is 8.95. The highest BCUT2D eigenvalue weighted by atomic mass is 19.1. The second-order valence-corrected chi connectivity index (χ2v) is 6.90. The predicted molar refractivity (Wildman–Crippen MR) is 104 cm³/mol. The molecular weight excluding hydrogens is 343 g/mol. The minimum Gasteiger partial charge on any atom is -0.489 e. The van der Waals surface area contributed by atoms with E-state index in [0.717, 1.165) is 5.56 Å². The lowest BCUT2D eigenvalue weighted by Crippen LogP contribution is -2.36. The number of halogens is 1. The highest BCUT2D eigenvalue weighted by Crippen LogP contribution is 2.33. The maximum absolute atomic E-state index is 13.7. The molecule has 0 aromatic heterocycles. The lowest BCUT2D eigenvalue weighted by molar-refractivity contribution is -0.119. The van der Waals surface area contributed by atoms with Crippen molar-refractivity contribution < 1.29 is 13.9 Å². The van der Waals surface area contributed by atoms with Gasteiger partial charge in [-0.3, -0.25) is 9.79 Å². The number of rotatable bonds is 8. The average Bonchev–Trinajstić information content (AvgIpc) is 3.12. The van der Waals surface area contributed by atoms with Gasteiger partial charge in [-0.2, -0.15) is 0 Å². The number of amides is 1. The molecule has 0 fully saturated rings. The summed E-state index contributed by atoms with van der Waals surface area (Å²) in [5, 5.41) is 0. The molecule has 27 heavy (non-hydrogen) atoms. The highest BCUT2D eigenvalue weighted by molar-refractivity contribution is 5.77. The van der Waals surface area contributed by atoms with E-state index in [1.807, 2.05) is 43.3 Å². The molecule has 1 aliphatic heterocycles. The minimum atomic E-state index is -0.454. The Morgan fingerprint density at radius 1 is 1.22 bits per heavy atom. The number of primary amides is 1. The molecule has 2 aromatic rings. The van der Waals surface area contributed by atoms with Crippen LogP contribution in [0, 0.1) is 11.7 Å². The van der Waals surface area contributed by atoms with Crippen LogP contribution in [-0.4, -0.2) is 17.7 Å². The van der Waals surface area contributed by atoms with Gasteiger partial charge in [-0.1, -0.05) is 43.3 Å². The zero-order valence-electron chi connectivity index (χ0n) is 15.3. The molecule has 0 bridgehead atoms. The van der Waals surface area contributed by atoms with Gasteiger partial charge < -0.3 is 10.5 Å². The minimum absolute atomic E-state index is 0.00184. The second kappa shape index (κ2) is 8.16. The maximum Gasteiger partial charge on any atom is 0.217 e. The standard InChI is InChI=1S/C22H23FN2O2/c1-16(13-21(24)26)22(11-4-12-25-22)14-17-7-9-19(10-8-17)27-15-18-5-2-3-6-20(18)23/h2-12,16H,13-15H2,1H3,(H2,24,26). The number of carbonyl (C=O) groups is 1. The van der Waals surface area contributed by atoms with Crippen molar-refractivity contribution in [3.63, 3.8) is 0 Å². The molecule has 1 amide bonds. The second-order valence-electron chi connectivity index (χ2n) is 6.90. The van der Waals surface area contributed by atoms with Crippen LogP contribution >= 0.6 is 0 Å². The van der Waals surface area contributed by atoms with E-state index in [4.69, 9.17) is 10.5 Å². The van der Waals surface area contributed by atoms with Gasteiger partial charge in [-0.05, 0) is 35.8 Å². The molecule has 5 heteroatoms. The van der Waals surface area contributed by atoms with Crippen molar-refractivity contribution in [1.82, 2.24) is 0 Å². The van der Waals surface area contributed by atoms with Crippen molar-refractivity contribution >= 4 is 12.1 Å². The van der Waals surface area contributed by atoms with Gasteiger partial charge in [0.25, 0.3) is 0 Å². The number of ether oxygens (including phenoxy) is 1. The monoisotopic (exact) mass is 366 g/mol. The summed E-state index contributed by atoms with van der Waals surface area (Å²) in [5.41, 5.74) is 6.51. The predicted octanol–water partition coefficient (Wildman–Crippen LogP) is 3.84. The van der Waals surface area contributed by atoms with Crippen LogP contribution in [0.15, 0.2) is 65.7 Å². The fourth-order valence-corrected chi connectivity index (χ4v) is 3.29. The van der Waals surface area contributed by atoms with Gasteiger partial charge in [-0.15, -0.1) is 0 Å². The molecule has 1 heterocycles. The van der Waals surface area contributed by atoms with Gasteiger partial charge in [-0.25, -0.2) is 4.39 Å². The molecule has 2 atom stereocenters. The van der Waals surface area contributed by atoms with Crippen LogP contribution in [0.25, 0.3) is 0 Å². The number of hydrogen-bond acceptors (Lipinski definition) is 3. The molecule has 0 saturated heterocycles. The topological polar surface area (TPSA) is 64.7 Å². The first-order chi connectivity index (χ1) is 13.0. The van der Waals surface area contributed by atoms with E-state index in [0.29, 0.717) is 17.7 Å². The molecule has 4 nitrogen and oxygen atoms in total. The van der Waals surface area contributed by atoms with Crippen molar-refractivity contribution in [2.45, 2.75) is 31.9 Å². The fraction of sp³-hybridized carbons (Fsp3) is 0.273. The number of benzene rings is 2. The van der Waals surface area contributed by atoms with E-state index >= 15 is 0 Å². The van der Waals surface area contributed by atoms with E-state index in [1.165, 1.54) is 6.07 Å². The van der Waals surface area contributed by atoms with Gasteiger partial charge in [0.1, 0.15) is 18.2 Å². The van der Waals surface area contributed by atoms with E-state index in [2.05, 4.69) is 4.99 Å². The van der Waals surface area contributed by atoms with Crippen LogP contribution in [0.5, 0.6) is 5.75 Å². The first-order valence-electron chi connectivity index (χ1n) is 8.95. The molecule has 0 radical (unpaired) electrons. The molecule has 1 aliphatic rings. The maximum atomic E-state index is 13.7. The van der Waals surface area contributed by atoms with Crippen LogP contribution in [0.2, 0.25) is 0 Å². The van der Waals surface area contributed by atoms with Crippen LogP contribution < -0.4 is 10.5 Å². The lowest BCUT2D eigenvalue weighted by Gasteiger charge is -2.30. The van der Waals surface area contributed by atoms with Crippen molar-refractivity contribution in [1.29, 1.82) is 0 Å². The average molecular weight is 366 g/mol. The smallest absolute Gasteiger partial charge is 0.217 e. The molecule has 3 rings (SSSR count). The van der Waals surface area contributed by atoms with E-state index < -0.39 is 5.54 Å². The van der Waals surface area contributed by atoms with Gasteiger partial charge in [0, 0.05) is 24.6 Å². The summed E-state index contributed by atoms with van der Waals surface area (Å²) in [5.74, 6) is 0.0772. The summed E-state index contributed by atoms with van der Waals surface area (Å²) in [7, 11) is 0. The van der Waals surface area contributed by atoms with Crippen LogP contribution in [-0.2, 0) is 17.8 Å². The quantitative estimate of drug-likeness (QED) is 0.771. The zero-order chi connectivity index (χ0) is 19.3. The number of carbonyl (C=O) groups excluding carboxylic acids is 1. The number of aliphatic imine (C=N–C) groups is 1. The summed E-state index contributed by atoms with van der Waals surface area (Å²) >= 11 is 0. The molecule has 2 N–H and O–H groups in total. The zero-order valence-corrected chi connectivity index (χ0v) is 15.3. The van der Waals surface area contributed by atoms with Gasteiger partial charge in [0.2, 0.25) is 5.91 Å². The largest absolute Gasteiger partial charge is 0.489 e. The highest BCUT2D eigenvalue weighted by Gasteiger charge is 2.35. The van der Waals surface area contributed by atoms with Crippen LogP contribution in [0.4, 0.5) is 4.39 Å². The third kappa shape index (κ3) is 4.61. The summed E-state index contributed by atoms with van der Waals surface area (Å²) in [6.07, 6.45) is 6.66. The molecule has 0 aliphatic carbocycles. The Bertz CT molecular complexity index is 847. The fourth-order valence-electron chi connectivity index (χ4n) is 3.29. The van der Waals surface area contributed by atoms with Gasteiger partial charge in [0.05, 0.1) is 5.54 Å². The summed E-state index contributed by atoms with van der Waals surface area (Å²) in [4.78, 5) is 15.9. The molecule has 2 aromatic carbocycles. The van der Waals surface area contributed by atoms with Crippen molar-refractivity contribution in [3.05, 3.63) is 77.6 Å². The van der Waals surface area contributed by atoms with Crippen LogP contribution in [0.3, 0.4) is 0 Å². The number of allylic oxidation sites excluding steroid dienone is 1. The first kappa shape index (κ1) is 18.8. The third-order valence-electron chi connectivity index (χ3n) is 4.91. The Hall–Kier alpha value is -2.95. The van der Waals surface area contributed by atoms with E-state index in [-0.39, 0.29) is 30.7 Å².